The third-order valence-corrected chi connectivity index (χ3v) is 7.71. The van der Waals surface area contributed by atoms with E-state index in [0.29, 0.717) is 51.1 Å². The lowest BCUT2D eigenvalue weighted by Crippen LogP contribution is -2.36. The molecule has 0 heterocycles. The van der Waals surface area contributed by atoms with Gasteiger partial charge in [0.05, 0.1) is 34.4 Å². The molecule has 10 heteroatoms. The smallest absolute Gasteiger partial charge is 0.203 e. The lowest BCUT2D eigenvalue weighted by atomic mass is 10.1. The molecule has 0 atom stereocenters. The minimum atomic E-state index is -0.168. The molecule has 0 spiro atoms. The average molecular weight is 572 g/mol. The van der Waals surface area contributed by atoms with Crippen molar-refractivity contribution in [1.29, 1.82) is 0 Å². The van der Waals surface area contributed by atoms with E-state index >= 15 is 0 Å². The standard InChI is InChI=1S/C29H33NO7S2/c1-35-25-12-18(13-26(36-2)29(25)37-3)10-11-30(16-23(33)19-6-8-21(31)27(14-19)38-4)17-24(34)20-7-9-22(32)28(15-20)39-5/h6-9,12-15,31-32H,10-11,16-17H2,1-5H3. The Kier molecular flexibility index (Phi) is 11.0. The minimum Gasteiger partial charge on any atom is -0.507 e. The van der Waals surface area contributed by atoms with Crippen LogP contribution in [0.4, 0.5) is 0 Å². The summed E-state index contributed by atoms with van der Waals surface area (Å²) in [7, 11) is 4.63. The van der Waals surface area contributed by atoms with E-state index in [2.05, 4.69) is 0 Å². The highest BCUT2D eigenvalue weighted by Gasteiger charge is 2.20. The van der Waals surface area contributed by atoms with Gasteiger partial charge < -0.3 is 24.4 Å². The van der Waals surface area contributed by atoms with Crippen LogP contribution in [0.2, 0.25) is 0 Å². The number of carbonyl (C=O) groups is 2. The van der Waals surface area contributed by atoms with E-state index in [-0.39, 0.29) is 36.2 Å². The van der Waals surface area contributed by atoms with Gasteiger partial charge in [-0.3, -0.25) is 14.5 Å². The fourth-order valence-electron chi connectivity index (χ4n) is 4.07. The molecule has 0 amide bonds. The maximum Gasteiger partial charge on any atom is 0.203 e. The van der Waals surface area contributed by atoms with Crippen LogP contribution in [0.5, 0.6) is 28.7 Å². The van der Waals surface area contributed by atoms with Crippen LogP contribution in [0.25, 0.3) is 0 Å². The van der Waals surface area contributed by atoms with Crippen LogP contribution in [0.3, 0.4) is 0 Å². The summed E-state index contributed by atoms with van der Waals surface area (Å²) in [6.45, 7) is 0.404. The van der Waals surface area contributed by atoms with Crippen molar-refractivity contribution in [2.45, 2.75) is 16.2 Å². The number of methoxy groups -OCH3 is 3. The zero-order valence-electron chi connectivity index (χ0n) is 22.6. The summed E-state index contributed by atoms with van der Waals surface area (Å²) in [5.74, 6) is 1.42. The summed E-state index contributed by atoms with van der Waals surface area (Å²) in [6, 6.07) is 13.2. The minimum absolute atomic E-state index is 0.00221. The van der Waals surface area contributed by atoms with Gasteiger partial charge in [0.25, 0.3) is 0 Å². The van der Waals surface area contributed by atoms with E-state index in [1.165, 1.54) is 42.8 Å². The van der Waals surface area contributed by atoms with Crippen molar-refractivity contribution in [2.75, 3.05) is 53.5 Å². The molecule has 2 N–H and O–H groups in total. The van der Waals surface area contributed by atoms with Gasteiger partial charge in [-0.05, 0) is 73.0 Å². The molecule has 3 aromatic rings. The Balaban J connectivity index is 1.87. The lowest BCUT2D eigenvalue weighted by Gasteiger charge is -2.22. The first-order chi connectivity index (χ1) is 18.7. The maximum absolute atomic E-state index is 13.3. The van der Waals surface area contributed by atoms with Crippen molar-refractivity contribution in [3.05, 3.63) is 65.2 Å². The molecule has 3 aromatic carbocycles. The zero-order valence-corrected chi connectivity index (χ0v) is 24.3. The van der Waals surface area contributed by atoms with Crippen molar-refractivity contribution in [3.8, 4) is 28.7 Å². The second-order valence-corrected chi connectivity index (χ2v) is 10.3. The molecule has 0 aromatic heterocycles. The van der Waals surface area contributed by atoms with Crippen LogP contribution in [-0.2, 0) is 6.42 Å². The molecule has 0 aliphatic carbocycles. The number of phenols is 2. The second-order valence-electron chi connectivity index (χ2n) is 8.61. The van der Waals surface area contributed by atoms with E-state index in [1.807, 2.05) is 24.6 Å². The van der Waals surface area contributed by atoms with Crippen LogP contribution in [-0.4, -0.2) is 80.2 Å². The van der Waals surface area contributed by atoms with E-state index in [1.54, 1.807) is 43.4 Å². The third kappa shape index (κ3) is 7.62. The predicted octanol–water partition coefficient (Wildman–Crippen LogP) is 5.18. The topological polar surface area (TPSA) is 106 Å². The molecule has 0 unspecified atom stereocenters. The van der Waals surface area contributed by atoms with Crippen LogP contribution in [0.1, 0.15) is 26.3 Å². The summed E-state index contributed by atoms with van der Waals surface area (Å²) in [5.41, 5.74) is 1.80. The number of phenolic OH excluding ortho intramolecular Hbond substituents is 2. The molecule has 8 nitrogen and oxygen atoms in total. The molecule has 0 bridgehead atoms. The molecule has 0 saturated heterocycles. The number of benzene rings is 3. The first kappa shape index (κ1) is 30.2. The lowest BCUT2D eigenvalue weighted by molar-refractivity contribution is 0.0872. The number of ketones is 2. The summed E-state index contributed by atoms with van der Waals surface area (Å²) < 4.78 is 16.3. The van der Waals surface area contributed by atoms with Crippen molar-refractivity contribution >= 4 is 35.1 Å². The van der Waals surface area contributed by atoms with Gasteiger partial charge in [-0.1, -0.05) is 0 Å². The molecular formula is C29H33NO7S2. The van der Waals surface area contributed by atoms with Gasteiger partial charge in [-0.15, -0.1) is 23.5 Å². The van der Waals surface area contributed by atoms with Crippen LogP contribution in [0, 0.1) is 0 Å². The summed E-state index contributed by atoms with van der Waals surface area (Å²) in [4.78, 5) is 29.5. The van der Waals surface area contributed by atoms with Crippen LogP contribution >= 0.6 is 23.5 Å². The summed E-state index contributed by atoms with van der Waals surface area (Å²) >= 11 is 2.70. The van der Waals surface area contributed by atoms with Gasteiger partial charge in [-0.25, -0.2) is 0 Å². The molecule has 0 aliphatic heterocycles. The van der Waals surface area contributed by atoms with Crippen molar-refractivity contribution in [2.24, 2.45) is 0 Å². The Morgan fingerprint density at radius 1 is 0.744 bits per heavy atom. The predicted molar refractivity (Wildman–Crippen MR) is 155 cm³/mol. The number of hydrogen-bond acceptors (Lipinski definition) is 10. The van der Waals surface area contributed by atoms with Gasteiger partial charge in [0.15, 0.2) is 23.1 Å². The number of hydrogen-bond donors (Lipinski definition) is 2. The Bertz CT molecular complexity index is 1240. The highest BCUT2D eigenvalue weighted by molar-refractivity contribution is 7.99. The SMILES string of the molecule is COc1cc(CCN(CC(=O)c2ccc(O)c(SC)c2)CC(=O)c2ccc(O)c(SC)c2)cc(OC)c1OC. The number of Topliss-reactive ketones (excluding diaryl/α,β-unsaturated/α-hetero) is 2. The number of aromatic hydroxyl groups is 2. The van der Waals surface area contributed by atoms with Gasteiger partial charge in [-0.2, -0.15) is 0 Å². The van der Waals surface area contributed by atoms with Crippen LogP contribution < -0.4 is 14.2 Å². The van der Waals surface area contributed by atoms with Gasteiger partial charge in [0.2, 0.25) is 5.75 Å². The molecule has 0 aliphatic rings. The van der Waals surface area contributed by atoms with E-state index < -0.39 is 0 Å². The first-order valence-electron chi connectivity index (χ1n) is 12.1. The number of thioether (sulfide) groups is 2. The second kappa shape index (κ2) is 14.2. The van der Waals surface area contributed by atoms with E-state index in [0.717, 1.165) is 5.56 Å². The largest absolute Gasteiger partial charge is 0.507 e. The molecule has 3 rings (SSSR count). The highest BCUT2D eigenvalue weighted by atomic mass is 32.2. The first-order valence-corrected chi connectivity index (χ1v) is 14.5. The van der Waals surface area contributed by atoms with Crippen molar-refractivity contribution in [1.82, 2.24) is 4.90 Å². The third-order valence-electron chi connectivity index (χ3n) is 6.18. The van der Waals surface area contributed by atoms with E-state index in [9.17, 15) is 19.8 Å². The average Bonchev–Trinajstić information content (AvgIpc) is 2.95. The molecular weight excluding hydrogens is 538 g/mol. The number of nitrogens with zero attached hydrogens (tertiary/aromatic N) is 1. The number of rotatable bonds is 14. The molecule has 208 valence electrons. The summed E-state index contributed by atoms with van der Waals surface area (Å²) in [5, 5.41) is 20.0. The Hall–Kier alpha value is -3.34. The normalized spacial score (nSPS) is 10.9. The number of ether oxygens (including phenoxy) is 3. The number of carbonyl (C=O) groups excluding carboxylic acids is 2. The van der Waals surface area contributed by atoms with Crippen molar-refractivity contribution in [3.63, 3.8) is 0 Å². The highest BCUT2D eigenvalue weighted by Crippen LogP contribution is 2.38. The van der Waals surface area contributed by atoms with Gasteiger partial charge in [0.1, 0.15) is 11.5 Å². The van der Waals surface area contributed by atoms with Crippen LogP contribution in [0.15, 0.2) is 58.3 Å². The molecule has 0 saturated carbocycles. The molecule has 0 fully saturated rings. The molecule has 0 radical (unpaired) electrons. The van der Waals surface area contributed by atoms with Gasteiger partial charge >= 0.3 is 0 Å². The Morgan fingerprint density at radius 3 is 1.59 bits per heavy atom. The van der Waals surface area contributed by atoms with Crippen molar-refractivity contribution < 1.29 is 34.0 Å². The fourth-order valence-corrected chi connectivity index (χ4v) is 5.12. The maximum atomic E-state index is 13.3. The zero-order chi connectivity index (χ0) is 28.5. The fraction of sp³-hybridized carbons (Fsp3) is 0.310. The molecule has 39 heavy (non-hydrogen) atoms. The van der Waals surface area contributed by atoms with Gasteiger partial charge in [0, 0.05) is 27.5 Å². The summed E-state index contributed by atoms with van der Waals surface area (Å²) in [6.07, 6.45) is 4.16. The monoisotopic (exact) mass is 571 g/mol. The quantitative estimate of drug-likeness (QED) is 0.199. The van der Waals surface area contributed by atoms with E-state index in [4.69, 9.17) is 14.2 Å². The Labute approximate surface area is 237 Å². The Morgan fingerprint density at radius 2 is 1.21 bits per heavy atom.